The topological polar surface area (TPSA) is 336 Å². The molecular weight excluding hydrogens is 1790 g/mol. The van der Waals surface area contributed by atoms with Crippen LogP contribution >= 0.6 is 24.0 Å². The smallest absolute Gasteiger partial charge is 0.415 e. The van der Waals surface area contributed by atoms with Crippen LogP contribution in [0.1, 0.15) is 159 Å². The van der Waals surface area contributed by atoms with E-state index in [2.05, 4.69) is 144 Å². The molecule has 7 heterocycles. The molecular formula is C110H138Cl2N18O9. The lowest BCUT2D eigenvalue weighted by atomic mass is 9.91. The van der Waals surface area contributed by atoms with Crippen molar-refractivity contribution < 1.29 is 43.2 Å². The third-order valence-electron chi connectivity index (χ3n) is 20.4. The minimum Gasteiger partial charge on any atom is -0.415 e. The predicted octanol–water partition coefficient (Wildman–Crippen LogP) is 24.7. The first-order valence-corrected chi connectivity index (χ1v) is 46.7. The van der Waals surface area contributed by atoms with E-state index in [0.717, 1.165) is 99.7 Å². The number of rotatable bonds is 15. The van der Waals surface area contributed by atoms with Crippen molar-refractivity contribution >= 4 is 98.2 Å². The van der Waals surface area contributed by atoms with Crippen LogP contribution < -0.4 is 42.6 Å². The molecule has 3 amide bonds. The van der Waals surface area contributed by atoms with Crippen LogP contribution in [0.3, 0.4) is 0 Å². The average Bonchev–Trinajstić information content (AvgIpc) is 1.68. The van der Waals surface area contributed by atoms with Crippen molar-refractivity contribution in [3.05, 3.63) is 344 Å². The number of imidazole rings is 2. The van der Waals surface area contributed by atoms with Crippen molar-refractivity contribution in [1.29, 1.82) is 0 Å². The fourth-order valence-corrected chi connectivity index (χ4v) is 12.7. The van der Waals surface area contributed by atoms with E-state index in [4.69, 9.17) is 59.8 Å². The number of carbonyl (C=O) groups excluding carboxylic acids is 4. The number of halogens is 2. The number of ketones is 1. The summed E-state index contributed by atoms with van der Waals surface area (Å²) in [6.07, 6.45) is 8.19. The lowest BCUT2D eigenvalue weighted by Gasteiger charge is -2.14. The van der Waals surface area contributed by atoms with Crippen LogP contribution in [0.4, 0.5) is 43.2 Å². The molecule has 10 N–H and O–H groups in total. The molecule has 2 saturated heterocycles. The van der Waals surface area contributed by atoms with E-state index in [1.165, 1.54) is 50.9 Å². The van der Waals surface area contributed by atoms with Gasteiger partial charge in [0, 0.05) is 114 Å². The summed E-state index contributed by atoms with van der Waals surface area (Å²) in [5.41, 5.74) is 29.8. The molecule has 5 aromatic heterocycles. The van der Waals surface area contributed by atoms with Crippen LogP contribution in [0.25, 0.3) is 55.3 Å². The molecule has 0 aliphatic carbocycles. The zero-order valence-electron chi connectivity index (χ0n) is 82.9. The highest BCUT2D eigenvalue weighted by atomic mass is 35.5. The lowest BCUT2D eigenvalue weighted by Crippen LogP contribution is -2.21. The number of urea groups is 1. The first-order chi connectivity index (χ1) is 66.1. The van der Waals surface area contributed by atoms with Crippen LogP contribution in [0.15, 0.2) is 310 Å². The van der Waals surface area contributed by atoms with E-state index in [9.17, 15) is 19.2 Å². The Morgan fingerprint density at radius 3 is 1.13 bits per heavy atom. The molecule has 17 rings (SSSR count). The number of anilines is 5. The number of aromatic nitrogens is 10. The maximum Gasteiger partial charge on any atom is 0.418 e. The second-order valence-electron chi connectivity index (χ2n) is 35.4. The molecule has 2 aliphatic heterocycles. The normalized spacial score (nSPS) is 11.6. The Morgan fingerprint density at radius 1 is 0.453 bits per heavy atom. The summed E-state index contributed by atoms with van der Waals surface area (Å²) in [5.74, 6) is 2.81. The molecule has 0 atom stereocenters. The van der Waals surface area contributed by atoms with Crippen LogP contribution in [0.5, 0.6) is 11.5 Å². The Hall–Kier alpha value is -14.1. The average molecular weight is 1930 g/mol. The van der Waals surface area contributed by atoms with E-state index in [1.807, 2.05) is 286 Å². The van der Waals surface area contributed by atoms with Gasteiger partial charge in [-0.2, -0.15) is 15.3 Å². The number of Topliss-reactive ketones (excluding diaryl/α,β-unsaturated/α-hetero) is 1. The number of nitrogens with zero attached hydrogens (tertiary/aromatic N) is 12. The fraction of sp³-hybridized carbons (Fsp3) is 0.309. The van der Waals surface area contributed by atoms with Crippen molar-refractivity contribution in [2.24, 2.45) is 11.1 Å². The number of para-hydroxylation sites is 9. The Bertz CT molecular complexity index is 6050. The molecule has 29 heteroatoms. The van der Waals surface area contributed by atoms with Gasteiger partial charge in [-0.15, -0.1) is 12.4 Å². The minimum absolute atomic E-state index is 0. The second kappa shape index (κ2) is 59.1. The van der Waals surface area contributed by atoms with Gasteiger partial charge in [0.2, 0.25) is 5.78 Å². The predicted molar refractivity (Wildman–Crippen MR) is 569 cm³/mol. The van der Waals surface area contributed by atoms with Gasteiger partial charge in [-0.25, -0.2) is 45.0 Å². The second-order valence-corrected chi connectivity index (χ2v) is 35.7. The summed E-state index contributed by atoms with van der Waals surface area (Å²) in [4.78, 5) is 60.3. The zero-order chi connectivity index (χ0) is 100. The van der Waals surface area contributed by atoms with Gasteiger partial charge in [-0.3, -0.25) is 24.6 Å². The number of nitrogen functional groups attached to an aromatic ring is 2. The molecule has 0 radical (unpaired) electrons. The number of amides is 3. The Labute approximate surface area is 830 Å². The third-order valence-corrected chi connectivity index (χ3v) is 20.5. The molecule has 15 aromatic rings. The van der Waals surface area contributed by atoms with Gasteiger partial charge in [0.15, 0.2) is 0 Å². The molecule has 0 unspecified atom stereocenters. The molecule has 0 bridgehead atoms. The SMILES string of the molecule is C1CCOC1.C1CCOC1.CC(C)(C)c1cc(N)n(-c2ccccc2)n1.CC(C)(C)c1cc(NC(=O)Nc2ccc(-n3cnc4ccccc43)cc2)n(-c2ccccc2)n1.CC(C)(C)c1cc(NC(=O)Oc2ccccc2)n(-c2ccccc2)n1.CCN(CC)CC.CCO.Cl.NCc1ccccc1.Nc1ccc(-n2cnc3ccccc32)cc1.O=C(Cl)Oc1ccccc1.[C-]#[N+]CC(=O)C(C)(C)C. The van der Waals surface area contributed by atoms with E-state index in [0.29, 0.717) is 41.2 Å². The highest BCUT2D eigenvalue weighted by molar-refractivity contribution is 6.61. The molecule has 0 saturated carbocycles. The number of aliphatic hydroxyl groups is 1. The lowest BCUT2D eigenvalue weighted by molar-refractivity contribution is -0.124. The standard InChI is InChI=1S/C27H26N6O.C20H21N3O2.C13H11N3.C13H17N3.C7H5ClO2.C7H11NO.C7H9N.C6H15N.2C4H8O.C2H6O.ClH/c1-27(2,3)24-17-25(33(31-24)21-9-5-4-6-10-21)30-26(34)29-19-13-15-20(16-14-19)32-18-28-22-11-7-8-12-23(22)32;1-20(2,3)17-14-18(23(22-17)15-10-6-4-7-11-15)21-19(24)25-16-12-8-5-9-13-16;14-10-5-7-11(8-6-10)16-9-15-12-3-1-2-4-13(12)16;1-13(2,3)11-9-12(14)16(15-11)10-7-5-4-6-8-10;8-7(9)10-6-4-2-1-3-5-6;1-7(2,3)6(9)5-8-4;8-6-7-4-2-1-3-5-7;1-4-7(5-2)6-3;2*1-2-4-5-3-1;1-2-3;/h4-18H,1-3H3,(H2,29,30,34);4-14H,1-3H3,(H,21,24);1-9H,14H2;4-9H,14H2,1-3H3;1-5H;5H2,1-3H3;1-5H,6,8H2;4-6H2,1-3H3;2*1-4H2;3H,2H2,1H3;1H. The fourth-order valence-electron chi connectivity index (χ4n) is 12.6. The molecule has 2 fully saturated rings. The molecule has 139 heavy (non-hydrogen) atoms. The van der Waals surface area contributed by atoms with Gasteiger partial charge in [-0.05, 0) is 191 Å². The summed E-state index contributed by atoms with van der Waals surface area (Å²) in [6.45, 7) is 47.5. The van der Waals surface area contributed by atoms with Crippen molar-refractivity contribution in [2.75, 3.05) is 86.6 Å². The monoisotopic (exact) mass is 1930 g/mol. The van der Waals surface area contributed by atoms with Gasteiger partial charge in [0.05, 0.1) is 56.2 Å². The molecule has 27 nitrogen and oxygen atoms in total. The van der Waals surface area contributed by atoms with E-state index in [-0.39, 0.29) is 59.0 Å². The number of benzene rings is 10. The largest absolute Gasteiger partial charge is 0.418 e. The summed E-state index contributed by atoms with van der Waals surface area (Å²) in [5, 5.41) is 30.2. The third kappa shape index (κ3) is 39.9. The first kappa shape index (κ1) is 114. The summed E-state index contributed by atoms with van der Waals surface area (Å²) in [7, 11) is 0. The van der Waals surface area contributed by atoms with Crippen molar-refractivity contribution in [1.82, 2.24) is 53.3 Å². The Balaban J connectivity index is 0.000000251. The molecule has 0 spiro atoms. The van der Waals surface area contributed by atoms with Crippen LogP contribution in [-0.4, -0.2) is 141 Å². The number of ether oxygens (including phenoxy) is 4. The highest BCUT2D eigenvalue weighted by Gasteiger charge is 2.26. The van der Waals surface area contributed by atoms with Gasteiger partial charge >= 0.3 is 17.6 Å². The van der Waals surface area contributed by atoms with Gasteiger partial charge < -0.3 is 56.3 Å². The van der Waals surface area contributed by atoms with Gasteiger partial charge in [0.25, 0.3) is 6.54 Å². The number of fused-ring (bicyclic) bond motifs is 2. The molecule has 10 aromatic carbocycles. The van der Waals surface area contributed by atoms with E-state index < -0.39 is 11.5 Å². The van der Waals surface area contributed by atoms with Crippen molar-refractivity contribution in [3.63, 3.8) is 0 Å². The number of aliphatic hydroxyl groups excluding tert-OH is 1. The molecule has 736 valence electrons. The number of hydrogen-bond acceptors (Lipinski definition) is 18. The number of nitrogens with two attached hydrogens (primary N) is 3. The quantitative estimate of drug-likeness (QED) is 0.0285. The summed E-state index contributed by atoms with van der Waals surface area (Å²) in [6, 6.07) is 93.8. The van der Waals surface area contributed by atoms with Crippen LogP contribution in [-0.2, 0) is 37.1 Å². The van der Waals surface area contributed by atoms with Crippen molar-refractivity contribution in [3.8, 4) is 39.9 Å². The number of carbonyl (C=O) groups is 4. The number of hydrogen-bond donors (Lipinski definition) is 7. The summed E-state index contributed by atoms with van der Waals surface area (Å²) >= 11 is 4.95. The first-order valence-electron chi connectivity index (χ1n) is 46.3. The summed E-state index contributed by atoms with van der Waals surface area (Å²) < 4.78 is 29.1. The maximum atomic E-state index is 12.8. The Kier molecular flexibility index (Phi) is 48.4. The van der Waals surface area contributed by atoms with Gasteiger partial charge in [0.1, 0.15) is 41.6 Å². The Morgan fingerprint density at radius 2 is 0.799 bits per heavy atom. The van der Waals surface area contributed by atoms with Gasteiger partial charge in [-0.1, -0.05) is 249 Å². The molecule has 2 aliphatic rings. The minimum atomic E-state index is -0.814. The van der Waals surface area contributed by atoms with Crippen LogP contribution in [0.2, 0.25) is 0 Å². The zero-order valence-corrected chi connectivity index (χ0v) is 84.5. The van der Waals surface area contributed by atoms with Crippen LogP contribution in [0, 0.1) is 12.0 Å². The maximum absolute atomic E-state index is 12.8. The van der Waals surface area contributed by atoms with Crippen molar-refractivity contribution in [2.45, 2.75) is 159 Å². The van der Waals surface area contributed by atoms with E-state index in [1.54, 1.807) is 63.7 Å². The van der Waals surface area contributed by atoms with E-state index >= 15 is 0 Å². The highest BCUT2D eigenvalue weighted by Crippen LogP contribution is 2.31. The number of nitrogens with one attached hydrogen (secondary N) is 3.